The van der Waals surface area contributed by atoms with Crippen LogP contribution in [-0.2, 0) is 4.79 Å². The van der Waals surface area contributed by atoms with E-state index in [9.17, 15) is 9.59 Å². The number of carboxylic acids is 1. The van der Waals surface area contributed by atoms with E-state index in [2.05, 4.69) is 18.8 Å². The van der Waals surface area contributed by atoms with Crippen molar-refractivity contribution in [1.82, 2.24) is 9.55 Å². The quantitative estimate of drug-likeness (QED) is 0.669. The van der Waals surface area contributed by atoms with Crippen LogP contribution in [0.5, 0.6) is 0 Å². The van der Waals surface area contributed by atoms with Crippen molar-refractivity contribution in [3.05, 3.63) is 22.6 Å². The van der Waals surface area contributed by atoms with Gasteiger partial charge in [-0.05, 0) is 24.7 Å². The van der Waals surface area contributed by atoms with E-state index in [0.29, 0.717) is 23.0 Å². The maximum Gasteiger partial charge on any atom is 0.313 e. The minimum atomic E-state index is -0.895. The Hall–Kier alpha value is -1.30. The van der Waals surface area contributed by atoms with Gasteiger partial charge in [-0.15, -0.1) is 0 Å². The minimum Gasteiger partial charge on any atom is -0.481 e. The Labute approximate surface area is 128 Å². The first-order chi connectivity index (χ1) is 9.99. The SMILES string of the molecule is CC(C)C1CCCCC1n1ccc(=O)nc1SCC(=O)O. The summed E-state index contributed by atoms with van der Waals surface area (Å²) in [6.07, 6.45) is 6.43. The fraction of sp³-hybridized carbons (Fsp3) is 0.667. The number of thioether (sulfide) groups is 1. The number of aromatic nitrogens is 2. The van der Waals surface area contributed by atoms with Crippen LogP contribution in [0.1, 0.15) is 45.6 Å². The highest BCUT2D eigenvalue weighted by Crippen LogP contribution is 2.39. The molecule has 21 heavy (non-hydrogen) atoms. The molecule has 1 heterocycles. The standard InChI is InChI=1S/C15H22N2O3S/c1-10(2)11-5-3-4-6-12(11)17-8-7-13(18)16-15(17)21-9-14(19)20/h7-8,10-12H,3-6,9H2,1-2H3,(H,19,20). The van der Waals surface area contributed by atoms with E-state index in [1.54, 1.807) is 6.20 Å². The molecule has 0 bridgehead atoms. The van der Waals surface area contributed by atoms with E-state index in [-0.39, 0.29) is 11.3 Å². The average Bonchev–Trinajstić information content (AvgIpc) is 2.45. The van der Waals surface area contributed by atoms with Crippen molar-refractivity contribution in [2.24, 2.45) is 11.8 Å². The average molecular weight is 310 g/mol. The Kier molecular flexibility index (Phi) is 5.45. The second-order valence-corrected chi connectivity index (χ2v) is 6.84. The van der Waals surface area contributed by atoms with Crippen molar-refractivity contribution >= 4 is 17.7 Å². The van der Waals surface area contributed by atoms with Crippen LogP contribution in [0.4, 0.5) is 0 Å². The second-order valence-electron chi connectivity index (χ2n) is 5.90. The molecule has 5 nitrogen and oxygen atoms in total. The van der Waals surface area contributed by atoms with Gasteiger partial charge in [0, 0.05) is 18.3 Å². The molecular formula is C15H22N2O3S. The van der Waals surface area contributed by atoms with Crippen LogP contribution >= 0.6 is 11.8 Å². The first kappa shape index (κ1) is 16.1. The molecule has 2 atom stereocenters. The first-order valence-electron chi connectivity index (χ1n) is 7.43. The largest absolute Gasteiger partial charge is 0.481 e. The topological polar surface area (TPSA) is 72.2 Å². The molecule has 0 spiro atoms. The molecule has 1 fully saturated rings. The summed E-state index contributed by atoms with van der Waals surface area (Å²) in [5, 5.41) is 9.38. The van der Waals surface area contributed by atoms with Crippen molar-refractivity contribution in [2.45, 2.75) is 50.7 Å². The third-order valence-electron chi connectivity index (χ3n) is 4.12. The normalized spacial score (nSPS) is 22.4. The van der Waals surface area contributed by atoms with Crippen LogP contribution in [0.15, 0.2) is 22.2 Å². The fourth-order valence-electron chi connectivity index (χ4n) is 3.15. The second kappa shape index (κ2) is 7.11. The molecule has 2 unspecified atom stereocenters. The van der Waals surface area contributed by atoms with Gasteiger partial charge in [-0.25, -0.2) is 0 Å². The molecule has 0 amide bonds. The van der Waals surface area contributed by atoms with Crippen LogP contribution in [0, 0.1) is 11.8 Å². The summed E-state index contributed by atoms with van der Waals surface area (Å²) < 4.78 is 2.03. The van der Waals surface area contributed by atoms with Crippen LogP contribution < -0.4 is 5.56 Å². The monoisotopic (exact) mass is 310 g/mol. The number of hydrogen-bond acceptors (Lipinski definition) is 4. The van der Waals surface area contributed by atoms with Gasteiger partial charge in [-0.3, -0.25) is 9.59 Å². The summed E-state index contributed by atoms with van der Waals surface area (Å²) in [6, 6.07) is 1.78. The fourth-order valence-corrected chi connectivity index (χ4v) is 3.90. The summed E-state index contributed by atoms with van der Waals surface area (Å²) in [6.45, 7) is 4.45. The van der Waals surface area contributed by atoms with Crippen LogP contribution in [0.3, 0.4) is 0 Å². The Bertz CT molecular complexity index is 556. The highest BCUT2D eigenvalue weighted by Gasteiger charge is 2.29. The van der Waals surface area contributed by atoms with Crippen molar-refractivity contribution in [3.63, 3.8) is 0 Å². The van der Waals surface area contributed by atoms with Crippen LogP contribution in [-0.4, -0.2) is 26.4 Å². The van der Waals surface area contributed by atoms with Crippen molar-refractivity contribution in [2.75, 3.05) is 5.75 Å². The van der Waals surface area contributed by atoms with Crippen molar-refractivity contribution < 1.29 is 9.90 Å². The highest BCUT2D eigenvalue weighted by molar-refractivity contribution is 7.99. The molecule has 2 rings (SSSR count). The van der Waals surface area contributed by atoms with Gasteiger partial charge < -0.3 is 9.67 Å². The maximum absolute atomic E-state index is 11.5. The summed E-state index contributed by atoms with van der Waals surface area (Å²) in [5.41, 5.74) is -0.309. The van der Waals surface area contributed by atoms with Crippen LogP contribution in [0.2, 0.25) is 0 Å². The predicted octanol–water partition coefficient (Wildman–Crippen LogP) is 2.81. The van der Waals surface area contributed by atoms with Gasteiger partial charge >= 0.3 is 5.97 Å². The molecule has 1 saturated carbocycles. The molecule has 0 saturated heterocycles. The van der Waals surface area contributed by atoms with Gasteiger partial charge in [0.25, 0.3) is 5.56 Å². The van der Waals surface area contributed by atoms with E-state index in [1.165, 1.54) is 25.3 Å². The zero-order valence-corrected chi connectivity index (χ0v) is 13.3. The lowest BCUT2D eigenvalue weighted by molar-refractivity contribution is -0.133. The van der Waals surface area contributed by atoms with Gasteiger partial charge in [0.05, 0.1) is 5.75 Å². The number of nitrogens with zero attached hydrogens (tertiary/aromatic N) is 2. The van der Waals surface area contributed by atoms with Crippen LogP contribution in [0.25, 0.3) is 0 Å². The van der Waals surface area contributed by atoms with Gasteiger partial charge in [-0.1, -0.05) is 38.5 Å². The molecule has 116 valence electrons. The Morgan fingerprint density at radius 1 is 1.48 bits per heavy atom. The van der Waals surface area contributed by atoms with Gasteiger partial charge in [0.2, 0.25) is 0 Å². The minimum absolute atomic E-state index is 0.0739. The lowest BCUT2D eigenvalue weighted by Gasteiger charge is -2.36. The Morgan fingerprint density at radius 2 is 2.19 bits per heavy atom. The number of rotatable bonds is 5. The molecule has 0 aromatic carbocycles. The lowest BCUT2D eigenvalue weighted by atomic mass is 9.77. The van der Waals surface area contributed by atoms with E-state index < -0.39 is 5.97 Å². The molecule has 1 N–H and O–H groups in total. The Balaban J connectivity index is 2.32. The number of aliphatic carboxylic acids is 1. The molecule has 1 aromatic rings. The predicted molar refractivity (Wildman–Crippen MR) is 82.7 cm³/mol. The van der Waals surface area contributed by atoms with Gasteiger partial charge in [0.15, 0.2) is 5.16 Å². The smallest absolute Gasteiger partial charge is 0.313 e. The molecule has 0 aliphatic heterocycles. The zero-order chi connectivity index (χ0) is 15.4. The number of hydrogen-bond donors (Lipinski definition) is 1. The summed E-state index contributed by atoms with van der Waals surface area (Å²) in [5.74, 6) is 0.142. The van der Waals surface area contributed by atoms with E-state index in [0.717, 1.165) is 18.2 Å². The third-order valence-corrected chi connectivity index (χ3v) is 5.08. The van der Waals surface area contributed by atoms with Crippen molar-refractivity contribution in [3.8, 4) is 0 Å². The molecule has 0 radical (unpaired) electrons. The molecule has 1 aromatic heterocycles. The highest BCUT2D eigenvalue weighted by atomic mass is 32.2. The van der Waals surface area contributed by atoms with Crippen molar-refractivity contribution in [1.29, 1.82) is 0 Å². The Morgan fingerprint density at radius 3 is 2.86 bits per heavy atom. The van der Waals surface area contributed by atoms with E-state index in [4.69, 9.17) is 5.11 Å². The molecule has 1 aliphatic carbocycles. The number of carbonyl (C=O) groups is 1. The molecule has 1 aliphatic rings. The molecular weight excluding hydrogens is 288 g/mol. The summed E-state index contributed by atoms with van der Waals surface area (Å²) >= 11 is 1.13. The van der Waals surface area contributed by atoms with E-state index in [1.807, 2.05) is 4.57 Å². The third kappa shape index (κ3) is 4.09. The number of carboxylic acid groups (broad SMARTS) is 1. The maximum atomic E-state index is 11.5. The van der Waals surface area contributed by atoms with Gasteiger partial charge in [-0.2, -0.15) is 4.98 Å². The van der Waals surface area contributed by atoms with E-state index >= 15 is 0 Å². The molecule has 6 heteroatoms. The van der Waals surface area contributed by atoms with Gasteiger partial charge in [0.1, 0.15) is 0 Å². The summed E-state index contributed by atoms with van der Waals surface area (Å²) in [4.78, 5) is 26.3. The lowest BCUT2D eigenvalue weighted by Crippen LogP contribution is -2.29. The zero-order valence-electron chi connectivity index (χ0n) is 12.5. The first-order valence-corrected chi connectivity index (χ1v) is 8.41. The summed E-state index contributed by atoms with van der Waals surface area (Å²) in [7, 11) is 0.